The zero-order valence-electron chi connectivity index (χ0n) is 15.6. The van der Waals surface area contributed by atoms with E-state index in [4.69, 9.17) is 9.26 Å². The molecule has 10 heteroatoms. The molecule has 1 amide bonds. The Morgan fingerprint density at radius 3 is 2.83 bits per heavy atom. The van der Waals surface area contributed by atoms with Crippen molar-refractivity contribution in [1.29, 1.82) is 0 Å². The fourth-order valence-corrected chi connectivity index (χ4v) is 2.83. The van der Waals surface area contributed by atoms with Crippen molar-refractivity contribution in [3.05, 3.63) is 59.1 Å². The molecule has 0 saturated carbocycles. The van der Waals surface area contributed by atoms with Gasteiger partial charge in [-0.1, -0.05) is 35.5 Å². The Morgan fingerprint density at radius 2 is 2.03 bits per heavy atom. The van der Waals surface area contributed by atoms with Gasteiger partial charge in [-0.25, -0.2) is 13.9 Å². The quantitative estimate of drug-likeness (QED) is 0.464. The number of aromatic nitrogens is 5. The van der Waals surface area contributed by atoms with Crippen LogP contribution in [0.5, 0.6) is 0 Å². The first-order valence-electron chi connectivity index (χ1n) is 8.90. The maximum atomic E-state index is 12.6. The van der Waals surface area contributed by atoms with E-state index < -0.39 is 5.69 Å². The molecule has 0 aliphatic rings. The SMILES string of the molecule is COCCNC(=O)Cn1nc2c(-c3nc(-c4ccccc4)no3)cccn2c1=O. The van der Waals surface area contributed by atoms with Crippen LogP contribution in [-0.4, -0.2) is 50.5 Å². The molecule has 3 heterocycles. The van der Waals surface area contributed by atoms with Gasteiger partial charge in [0, 0.05) is 25.4 Å². The second kappa shape index (κ2) is 8.07. The van der Waals surface area contributed by atoms with E-state index in [1.54, 1.807) is 25.4 Å². The van der Waals surface area contributed by atoms with Gasteiger partial charge in [0.2, 0.25) is 11.7 Å². The molecule has 1 aromatic carbocycles. The van der Waals surface area contributed by atoms with Crippen LogP contribution in [-0.2, 0) is 16.1 Å². The lowest BCUT2D eigenvalue weighted by molar-refractivity contribution is -0.122. The average Bonchev–Trinajstić information content (AvgIpc) is 3.35. The first kappa shape index (κ1) is 18.6. The number of hydrogen-bond acceptors (Lipinski definition) is 7. The first-order chi connectivity index (χ1) is 14.2. The monoisotopic (exact) mass is 394 g/mol. The minimum atomic E-state index is -0.438. The van der Waals surface area contributed by atoms with E-state index in [1.807, 2.05) is 30.3 Å². The lowest BCUT2D eigenvalue weighted by Crippen LogP contribution is -2.34. The Kier molecular flexibility index (Phi) is 5.16. The van der Waals surface area contributed by atoms with Crippen LogP contribution in [0.4, 0.5) is 0 Å². The highest BCUT2D eigenvalue weighted by Crippen LogP contribution is 2.24. The fraction of sp³-hybridized carbons (Fsp3) is 0.211. The van der Waals surface area contributed by atoms with E-state index in [9.17, 15) is 9.59 Å². The van der Waals surface area contributed by atoms with Gasteiger partial charge in [-0.15, -0.1) is 5.10 Å². The standard InChI is InChI=1S/C19H18N6O4/c1-28-11-9-20-15(26)12-25-19(27)24-10-5-8-14(17(24)22-25)18-21-16(23-29-18)13-6-3-2-4-7-13/h2-8,10H,9,11-12H2,1H3,(H,20,26). The van der Waals surface area contributed by atoms with Crippen LogP contribution >= 0.6 is 0 Å². The number of pyridine rings is 1. The van der Waals surface area contributed by atoms with Gasteiger partial charge in [0.05, 0.1) is 12.2 Å². The number of fused-ring (bicyclic) bond motifs is 1. The van der Waals surface area contributed by atoms with Crippen LogP contribution in [0.25, 0.3) is 28.5 Å². The van der Waals surface area contributed by atoms with Crippen LogP contribution in [0, 0.1) is 0 Å². The van der Waals surface area contributed by atoms with Gasteiger partial charge in [0.25, 0.3) is 5.89 Å². The number of carbonyl (C=O) groups is 1. The number of benzene rings is 1. The summed E-state index contributed by atoms with van der Waals surface area (Å²) in [5.74, 6) is 0.330. The molecule has 148 valence electrons. The molecule has 0 bridgehead atoms. The van der Waals surface area contributed by atoms with Gasteiger partial charge in [0.15, 0.2) is 5.65 Å². The third-order valence-electron chi connectivity index (χ3n) is 4.22. The zero-order valence-corrected chi connectivity index (χ0v) is 15.6. The highest BCUT2D eigenvalue weighted by atomic mass is 16.5. The normalized spacial score (nSPS) is 11.1. The molecule has 4 aromatic rings. The van der Waals surface area contributed by atoms with Crippen molar-refractivity contribution in [3.8, 4) is 22.8 Å². The van der Waals surface area contributed by atoms with Crippen molar-refractivity contribution in [3.63, 3.8) is 0 Å². The second-order valence-corrected chi connectivity index (χ2v) is 6.19. The van der Waals surface area contributed by atoms with E-state index >= 15 is 0 Å². The molecule has 0 aliphatic heterocycles. The van der Waals surface area contributed by atoms with E-state index in [0.717, 1.165) is 10.2 Å². The van der Waals surface area contributed by atoms with Crippen molar-refractivity contribution in [2.45, 2.75) is 6.54 Å². The van der Waals surface area contributed by atoms with E-state index in [-0.39, 0.29) is 18.3 Å². The van der Waals surface area contributed by atoms with Crippen molar-refractivity contribution in [2.75, 3.05) is 20.3 Å². The van der Waals surface area contributed by atoms with Crippen molar-refractivity contribution in [2.24, 2.45) is 0 Å². The number of hydrogen-bond donors (Lipinski definition) is 1. The van der Waals surface area contributed by atoms with Crippen LogP contribution < -0.4 is 11.0 Å². The lowest BCUT2D eigenvalue weighted by Gasteiger charge is -2.03. The molecular weight excluding hydrogens is 376 g/mol. The molecule has 0 radical (unpaired) electrons. The number of nitrogens with one attached hydrogen (secondary N) is 1. The Morgan fingerprint density at radius 1 is 1.21 bits per heavy atom. The van der Waals surface area contributed by atoms with E-state index in [0.29, 0.717) is 30.2 Å². The maximum absolute atomic E-state index is 12.6. The van der Waals surface area contributed by atoms with Crippen LogP contribution in [0.2, 0.25) is 0 Å². The number of carbonyl (C=O) groups excluding carboxylic acids is 1. The fourth-order valence-electron chi connectivity index (χ4n) is 2.83. The number of ether oxygens (including phenoxy) is 1. The topological polar surface area (TPSA) is 117 Å². The third kappa shape index (κ3) is 3.78. The van der Waals surface area contributed by atoms with Crippen LogP contribution in [0.15, 0.2) is 58.0 Å². The lowest BCUT2D eigenvalue weighted by atomic mass is 10.2. The molecule has 10 nitrogen and oxygen atoms in total. The summed E-state index contributed by atoms with van der Waals surface area (Å²) in [6.45, 7) is 0.534. The molecule has 0 unspecified atom stereocenters. The largest absolute Gasteiger partial charge is 0.383 e. The summed E-state index contributed by atoms with van der Waals surface area (Å²) in [4.78, 5) is 29.0. The number of rotatable bonds is 7. The molecule has 29 heavy (non-hydrogen) atoms. The molecule has 0 spiro atoms. The summed E-state index contributed by atoms with van der Waals surface area (Å²) in [7, 11) is 1.54. The van der Waals surface area contributed by atoms with Crippen molar-refractivity contribution < 1.29 is 14.1 Å². The summed E-state index contributed by atoms with van der Waals surface area (Å²) in [5, 5.41) is 10.9. The Hall–Kier alpha value is -3.79. The predicted molar refractivity (Wildman–Crippen MR) is 103 cm³/mol. The van der Waals surface area contributed by atoms with Crippen molar-refractivity contribution in [1.82, 2.24) is 29.6 Å². The van der Waals surface area contributed by atoms with E-state index in [2.05, 4.69) is 20.6 Å². The molecule has 0 aliphatic carbocycles. The molecule has 0 saturated heterocycles. The Bertz CT molecular complexity index is 1190. The smallest absolute Gasteiger partial charge is 0.350 e. The van der Waals surface area contributed by atoms with Gasteiger partial charge in [-0.05, 0) is 12.1 Å². The summed E-state index contributed by atoms with van der Waals surface area (Å²) in [6.07, 6.45) is 1.57. The molecule has 0 fully saturated rings. The second-order valence-electron chi connectivity index (χ2n) is 6.19. The summed E-state index contributed by atoms with van der Waals surface area (Å²) < 4.78 is 12.7. The van der Waals surface area contributed by atoms with E-state index in [1.165, 1.54) is 4.40 Å². The summed E-state index contributed by atoms with van der Waals surface area (Å²) in [6, 6.07) is 12.8. The number of amides is 1. The highest BCUT2D eigenvalue weighted by molar-refractivity contribution is 5.76. The Labute approximate surface area is 164 Å². The third-order valence-corrected chi connectivity index (χ3v) is 4.22. The minimum Gasteiger partial charge on any atom is -0.383 e. The molecule has 1 N–H and O–H groups in total. The Balaban J connectivity index is 1.66. The number of nitrogens with zero attached hydrogens (tertiary/aromatic N) is 5. The number of methoxy groups -OCH3 is 1. The minimum absolute atomic E-state index is 0.206. The zero-order chi connectivity index (χ0) is 20.2. The van der Waals surface area contributed by atoms with Gasteiger partial charge in [-0.3, -0.25) is 4.79 Å². The molecule has 3 aromatic heterocycles. The summed E-state index contributed by atoms with van der Waals surface area (Å²) in [5.41, 5.74) is 1.19. The molecule has 4 rings (SSSR count). The highest BCUT2D eigenvalue weighted by Gasteiger charge is 2.18. The first-order valence-corrected chi connectivity index (χ1v) is 8.90. The van der Waals surface area contributed by atoms with Gasteiger partial charge in [0.1, 0.15) is 6.54 Å². The van der Waals surface area contributed by atoms with Crippen LogP contribution in [0.3, 0.4) is 0 Å². The maximum Gasteiger partial charge on any atom is 0.350 e. The molecule has 0 atom stereocenters. The average molecular weight is 394 g/mol. The van der Waals surface area contributed by atoms with Gasteiger partial charge in [-0.2, -0.15) is 4.98 Å². The van der Waals surface area contributed by atoms with Gasteiger partial charge < -0.3 is 14.6 Å². The predicted octanol–water partition coefficient (Wildman–Crippen LogP) is 0.976. The molecular formula is C19H18N6O4. The van der Waals surface area contributed by atoms with Crippen molar-refractivity contribution >= 4 is 11.6 Å². The summed E-state index contributed by atoms with van der Waals surface area (Å²) >= 11 is 0. The van der Waals surface area contributed by atoms with Gasteiger partial charge >= 0.3 is 5.69 Å². The van der Waals surface area contributed by atoms with Crippen LogP contribution in [0.1, 0.15) is 0 Å².